The van der Waals surface area contributed by atoms with Crippen molar-refractivity contribution >= 4 is 23.2 Å². The molecule has 0 bridgehead atoms. The van der Waals surface area contributed by atoms with Crippen LogP contribution in [-0.2, 0) is 33.6 Å². The first-order chi connectivity index (χ1) is 18.6. The number of nitrogens with zero attached hydrogens (tertiary/aromatic N) is 1. The summed E-state index contributed by atoms with van der Waals surface area (Å²) in [6.45, 7) is 8.54. The number of benzene rings is 1. The van der Waals surface area contributed by atoms with Crippen LogP contribution in [-0.4, -0.2) is 74.6 Å². The summed E-state index contributed by atoms with van der Waals surface area (Å²) in [7, 11) is 3.29. The highest BCUT2D eigenvalue weighted by Gasteiger charge is 2.67. The molecule has 3 aliphatic carbocycles. The monoisotopic (exact) mass is 556 g/mol. The molecule has 0 aliphatic heterocycles. The molecule has 4 rings (SSSR count). The molecule has 40 heavy (non-hydrogen) atoms. The summed E-state index contributed by atoms with van der Waals surface area (Å²) < 4.78 is 0. The van der Waals surface area contributed by atoms with Crippen molar-refractivity contribution in [2.45, 2.75) is 90.4 Å². The number of amides is 1. The van der Waals surface area contributed by atoms with E-state index in [0.29, 0.717) is 18.4 Å². The Morgan fingerprint density at radius 1 is 1.15 bits per heavy atom. The molecular formula is C31H44N2O7. The van der Waals surface area contributed by atoms with E-state index in [-0.39, 0.29) is 28.7 Å². The first-order valence-corrected chi connectivity index (χ1v) is 14.3. The number of nitrogens with two attached hydrogens (primary N) is 1. The molecule has 6 atom stereocenters. The summed E-state index contributed by atoms with van der Waals surface area (Å²) in [6.07, 6.45) is 2.95. The highest BCUT2D eigenvalue weighted by atomic mass is 16.3. The summed E-state index contributed by atoms with van der Waals surface area (Å²) in [6, 6.07) is 1.11. The van der Waals surface area contributed by atoms with Gasteiger partial charge >= 0.3 is 0 Å². The van der Waals surface area contributed by atoms with Crippen LogP contribution in [0.4, 0.5) is 0 Å². The number of phenolic OH excluding ortho intramolecular Hbond substituents is 1. The predicted octanol–water partition coefficient (Wildman–Crippen LogP) is 2.45. The van der Waals surface area contributed by atoms with Crippen LogP contribution in [0.5, 0.6) is 5.75 Å². The van der Waals surface area contributed by atoms with E-state index >= 15 is 0 Å². The zero-order valence-corrected chi connectivity index (χ0v) is 24.5. The lowest BCUT2D eigenvalue weighted by Gasteiger charge is -2.53. The van der Waals surface area contributed by atoms with E-state index in [9.17, 15) is 34.8 Å². The number of Topliss-reactive ketones (excluding diaryl/α,β-unsaturated/α-hetero) is 2. The van der Waals surface area contributed by atoms with Gasteiger partial charge in [0.25, 0.3) is 0 Å². The number of aliphatic hydroxyl groups excluding tert-OH is 2. The number of aromatic hydroxyl groups is 1. The summed E-state index contributed by atoms with van der Waals surface area (Å²) in [4.78, 5) is 41.4. The van der Waals surface area contributed by atoms with Gasteiger partial charge in [-0.3, -0.25) is 14.4 Å². The quantitative estimate of drug-likeness (QED) is 0.320. The topological polar surface area (TPSA) is 161 Å². The lowest BCUT2D eigenvalue weighted by atomic mass is 9.54. The molecule has 0 spiro atoms. The van der Waals surface area contributed by atoms with E-state index in [1.54, 1.807) is 19.0 Å². The Morgan fingerprint density at radius 2 is 1.80 bits per heavy atom. The zero-order chi connectivity index (χ0) is 29.9. The third-order valence-corrected chi connectivity index (χ3v) is 9.15. The van der Waals surface area contributed by atoms with Gasteiger partial charge in [-0.05, 0) is 80.6 Å². The van der Waals surface area contributed by atoms with Crippen LogP contribution in [0.15, 0.2) is 11.6 Å². The van der Waals surface area contributed by atoms with E-state index in [2.05, 4.69) is 20.8 Å². The summed E-state index contributed by atoms with van der Waals surface area (Å²) >= 11 is 0. The van der Waals surface area contributed by atoms with Crippen LogP contribution in [0.1, 0.15) is 75.6 Å². The maximum Gasteiger partial charge on any atom is 0.230 e. The largest absolute Gasteiger partial charge is 0.507 e. The number of likely N-dealkylation sites (N-methyl/N-ethyl adjacent to an activating group) is 1. The number of phenols is 1. The Bertz CT molecular complexity index is 1260. The zero-order valence-electron chi connectivity index (χ0n) is 24.5. The van der Waals surface area contributed by atoms with Gasteiger partial charge in [0.1, 0.15) is 17.4 Å². The van der Waals surface area contributed by atoms with Crippen LogP contribution < -0.4 is 5.73 Å². The van der Waals surface area contributed by atoms with Gasteiger partial charge in [-0.2, -0.15) is 0 Å². The van der Waals surface area contributed by atoms with Crippen molar-refractivity contribution in [2.75, 3.05) is 14.1 Å². The number of ketones is 2. The third kappa shape index (κ3) is 4.76. The molecule has 0 saturated heterocycles. The molecule has 0 aromatic heterocycles. The molecule has 1 aromatic carbocycles. The first-order valence-electron chi connectivity index (χ1n) is 14.3. The number of carbonyl (C=O) groups is 3. The Morgan fingerprint density at radius 3 is 2.35 bits per heavy atom. The van der Waals surface area contributed by atoms with Gasteiger partial charge in [0.15, 0.2) is 11.4 Å². The number of fused-ring (bicyclic) bond motifs is 3. The molecule has 0 radical (unpaired) electrons. The molecule has 0 heterocycles. The SMILES string of the molecule is CCCc1cc(CCCC(C)(C)C)c2c(c1O)C(O)=C1C(=O)C3(O)C(=O)C(C(N)=O)C(O)C(N(C)C)[C@H]3C[C@H]1C2. The van der Waals surface area contributed by atoms with E-state index < -0.39 is 58.7 Å². The summed E-state index contributed by atoms with van der Waals surface area (Å²) in [5.41, 5.74) is 5.50. The molecule has 9 nitrogen and oxygen atoms in total. The van der Waals surface area contributed by atoms with Crippen molar-refractivity contribution in [3.05, 3.63) is 33.9 Å². The second-order valence-electron chi connectivity index (χ2n) is 13.4. The van der Waals surface area contributed by atoms with Gasteiger partial charge in [-0.1, -0.05) is 40.2 Å². The van der Waals surface area contributed by atoms with Crippen LogP contribution in [0.2, 0.25) is 0 Å². The molecule has 9 heteroatoms. The van der Waals surface area contributed by atoms with Gasteiger partial charge < -0.3 is 31.1 Å². The summed E-state index contributed by atoms with van der Waals surface area (Å²) in [5, 5.41) is 45.7. The van der Waals surface area contributed by atoms with Crippen LogP contribution in [0, 0.1) is 23.2 Å². The van der Waals surface area contributed by atoms with E-state index in [1.807, 2.05) is 13.0 Å². The van der Waals surface area contributed by atoms with Crippen LogP contribution in [0.3, 0.4) is 0 Å². The summed E-state index contributed by atoms with van der Waals surface area (Å²) in [5.74, 6) is -7.10. The molecule has 3 aliphatic rings. The maximum absolute atomic E-state index is 14.1. The number of primary amides is 1. The van der Waals surface area contributed by atoms with Crippen molar-refractivity contribution in [1.82, 2.24) is 4.90 Å². The highest BCUT2D eigenvalue weighted by molar-refractivity contribution is 6.25. The lowest BCUT2D eigenvalue weighted by Crippen LogP contribution is -2.73. The number of rotatable bonds is 7. The Kier molecular flexibility index (Phi) is 7.99. The van der Waals surface area contributed by atoms with E-state index in [1.165, 1.54) is 0 Å². The van der Waals surface area contributed by atoms with Crippen LogP contribution >= 0.6 is 0 Å². The Balaban J connectivity index is 1.88. The second kappa shape index (κ2) is 10.6. The molecule has 2 saturated carbocycles. The van der Waals surface area contributed by atoms with Gasteiger partial charge in [0.2, 0.25) is 11.7 Å². The highest BCUT2D eigenvalue weighted by Crippen LogP contribution is 2.53. The van der Waals surface area contributed by atoms with E-state index in [4.69, 9.17) is 5.73 Å². The number of aliphatic hydroxyl groups is 3. The average molecular weight is 557 g/mol. The first kappa shape index (κ1) is 30.2. The minimum atomic E-state index is -2.64. The molecule has 6 N–H and O–H groups in total. The van der Waals surface area contributed by atoms with Gasteiger partial charge in [0.05, 0.1) is 11.7 Å². The standard InChI is InChI=1S/C31H44N2O7/c1-7-9-16-12-15(10-8-11-30(2,3)4)18-13-17-14-19-23(33(5)6)26(36)22(29(32)39)28(38)31(19,40)27(37)20(17)25(35)21(18)24(16)34/h12,17,19,22-23,26,34-36,40H,7-11,13-14H2,1-6H3,(H2,32,39)/t17-,19-,22?,23?,26?,31?/m1/s1. The smallest absolute Gasteiger partial charge is 0.230 e. The lowest BCUT2D eigenvalue weighted by molar-refractivity contribution is -0.184. The normalized spacial score (nSPS) is 30.3. The molecule has 1 aromatic rings. The minimum absolute atomic E-state index is 0.0895. The molecular weight excluding hydrogens is 512 g/mol. The van der Waals surface area contributed by atoms with Gasteiger partial charge in [-0.25, -0.2) is 0 Å². The number of aryl methyl sites for hydroxylation is 2. The average Bonchev–Trinajstić information content (AvgIpc) is 2.83. The van der Waals surface area contributed by atoms with Crippen molar-refractivity contribution in [1.29, 1.82) is 0 Å². The third-order valence-electron chi connectivity index (χ3n) is 9.15. The minimum Gasteiger partial charge on any atom is -0.507 e. The van der Waals surface area contributed by atoms with Crippen molar-refractivity contribution in [3.63, 3.8) is 0 Å². The molecule has 220 valence electrons. The molecule has 4 unspecified atom stereocenters. The number of carbonyl (C=O) groups excluding carboxylic acids is 3. The van der Waals surface area contributed by atoms with Gasteiger partial charge in [-0.15, -0.1) is 0 Å². The van der Waals surface area contributed by atoms with Gasteiger partial charge in [0, 0.05) is 17.5 Å². The van der Waals surface area contributed by atoms with Crippen molar-refractivity contribution < 1.29 is 34.8 Å². The van der Waals surface area contributed by atoms with E-state index in [0.717, 1.165) is 36.8 Å². The molecule has 2 fully saturated rings. The second-order valence-corrected chi connectivity index (χ2v) is 13.4. The van der Waals surface area contributed by atoms with Crippen molar-refractivity contribution in [2.24, 2.45) is 28.9 Å². The fraction of sp³-hybridized carbons (Fsp3) is 0.645. The molecule has 1 amide bonds. The maximum atomic E-state index is 14.1. The van der Waals surface area contributed by atoms with Crippen molar-refractivity contribution in [3.8, 4) is 5.75 Å². The number of hydrogen-bond acceptors (Lipinski definition) is 8. The predicted molar refractivity (Wildman–Crippen MR) is 150 cm³/mol. The fourth-order valence-corrected chi connectivity index (χ4v) is 7.30. The van der Waals surface area contributed by atoms with Crippen LogP contribution in [0.25, 0.3) is 5.76 Å². The Hall–Kier alpha value is -2.75. The number of hydrogen-bond donors (Lipinski definition) is 5. The fourth-order valence-electron chi connectivity index (χ4n) is 7.30. The Labute approximate surface area is 236 Å².